The monoisotopic (exact) mass is 395 g/mol. The Labute approximate surface area is 162 Å². The Morgan fingerprint density at radius 3 is 2.81 bits per heavy atom. The summed E-state index contributed by atoms with van der Waals surface area (Å²) in [4.78, 5) is 33.0. The third-order valence-electron chi connectivity index (χ3n) is 4.27. The van der Waals surface area contributed by atoms with Gasteiger partial charge in [-0.2, -0.15) is 10.2 Å². The zero-order chi connectivity index (χ0) is 19.1. The fourth-order valence-electron chi connectivity index (χ4n) is 2.89. The van der Waals surface area contributed by atoms with Crippen molar-refractivity contribution in [2.45, 2.75) is 13.8 Å². The Balaban J connectivity index is 1.77. The van der Waals surface area contributed by atoms with Crippen molar-refractivity contribution < 1.29 is 14.0 Å². The molecule has 134 valence electrons. The van der Waals surface area contributed by atoms with Crippen LogP contribution < -0.4 is 0 Å². The first kappa shape index (κ1) is 17.4. The van der Waals surface area contributed by atoms with E-state index in [1.807, 2.05) is 29.6 Å². The molecule has 2 amide bonds. The molecule has 4 heterocycles. The van der Waals surface area contributed by atoms with Gasteiger partial charge in [-0.05, 0) is 36.9 Å². The number of imide groups is 1. The van der Waals surface area contributed by atoms with Gasteiger partial charge in [-0.3, -0.25) is 14.5 Å². The second-order valence-corrected chi connectivity index (χ2v) is 7.85. The van der Waals surface area contributed by atoms with E-state index in [0.29, 0.717) is 22.6 Å². The van der Waals surface area contributed by atoms with Crippen LogP contribution in [0.3, 0.4) is 0 Å². The molecule has 0 fully saturated rings. The molecule has 0 radical (unpaired) electrons. The molecule has 0 saturated heterocycles. The molecule has 0 unspecified atom stereocenters. The second kappa shape index (κ2) is 6.61. The maximum Gasteiger partial charge on any atom is 0.271 e. The minimum absolute atomic E-state index is 0.000972. The molecule has 0 bridgehead atoms. The summed E-state index contributed by atoms with van der Waals surface area (Å²) in [5.74, 6) is -0.358. The molecule has 1 aliphatic rings. The van der Waals surface area contributed by atoms with E-state index < -0.39 is 11.8 Å². The highest BCUT2D eigenvalue weighted by Crippen LogP contribution is 2.34. The topological polar surface area (TPSA) is 87.2 Å². The van der Waals surface area contributed by atoms with E-state index in [0.717, 1.165) is 19.5 Å². The normalized spacial score (nSPS) is 16.6. The Morgan fingerprint density at radius 1 is 1.37 bits per heavy atom. The summed E-state index contributed by atoms with van der Waals surface area (Å²) in [6.07, 6.45) is 1.69. The number of nitriles is 1. The SMILES string of the molecule is CCN1C(=O)C(C#N)=C(C)/C(=C/c2cc3oc(-c4cccs4)nc3s2)C1=O. The molecular formula is C19H13N3O3S2. The number of carbonyl (C=O) groups is 2. The van der Waals surface area contributed by atoms with Crippen LogP contribution in [0, 0.1) is 11.3 Å². The largest absolute Gasteiger partial charge is 0.434 e. The molecule has 0 spiro atoms. The van der Waals surface area contributed by atoms with Gasteiger partial charge < -0.3 is 4.42 Å². The fraction of sp³-hybridized carbons (Fsp3) is 0.158. The van der Waals surface area contributed by atoms with Crippen LogP contribution in [0.25, 0.3) is 27.3 Å². The number of carbonyl (C=O) groups excluding carboxylic acids is 2. The molecule has 1 aliphatic heterocycles. The number of hydrogen-bond donors (Lipinski definition) is 0. The van der Waals surface area contributed by atoms with E-state index in [4.69, 9.17) is 4.42 Å². The minimum atomic E-state index is -0.540. The smallest absolute Gasteiger partial charge is 0.271 e. The number of oxazole rings is 1. The molecule has 0 saturated carbocycles. The van der Waals surface area contributed by atoms with Gasteiger partial charge >= 0.3 is 0 Å². The quantitative estimate of drug-likeness (QED) is 0.489. The summed E-state index contributed by atoms with van der Waals surface area (Å²) in [5, 5.41) is 11.3. The highest BCUT2D eigenvalue weighted by molar-refractivity contribution is 7.19. The van der Waals surface area contributed by atoms with Crippen LogP contribution in [0.5, 0.6) is 0 Å². The van der Waals surface area contributed by atoms with E-state index in [9.17, 15) is 14.9 Å². The van der Waals surface area contributed by atoms with Gasteiger partial charge in [-0.25, -0.2) is 0 Å². The van der Waals surface area contributed by atoms with E-state index in [-0.39, 0.29) is 12.1 Å². The van der Waals surface area contributed by atoms with Crippen molar-refractivity contribution in [1.82, 2.24) is 9.88 Å². The number of fused-ring (bicyclic) bond motifs is 1. The van der Waals surface area contributed by atoms with Gasteiger partial charge in [0.05, 0.1) is 4.88 Å². The molecule has 8 heteroatoms. The van der Waals surface area contributed by atoms with E-state index in [1.54, 1.807) is 31.3 Å². The van der Waals surface area contributed by atoms with Gasteiger partial charge in [-0.1, -0.05) is 6.07 Å². The van der Waals surface area contributed by atoms with Crippen molar-refractivity contribution in [1.29, 1.82) is 5.26 Å². The third-order valence-corrected chi connectivity index (χ3v) is 6.08. The molecule has 0 aliphatic carbocycles. The highest BCUT2D eigenvalue weighted by atomic mass is 32.1. The number of aromatic nitrogens is 1. The standard InChI is InChI=1S/C19H13N3O3S2/c1-3-22-18(23)12(10(2)13(9-20)19(22)24)7-11-8-14-17(27-11)21-16(25-14)15-5-4-6-26-15/h4-8H,3H2,1-2H3/b12-7-. The summed E-state index contributed by atoms with van der Waals surface area (Å²) in [6, 6.07) is 7.61. The van der Waals surface area contributed by atoms with E-state index >= 15 is 0 Å². The lowest BCUT2D eigenvalue weighted by atomic mass is 9.95. The average molecular weight is 395 g/mol. The van der Waals surface area contributed by atoms with Crippen LogP contribution in [-0.2, 0) is 9.59 Å². The molecule has 3 aromatic rings. The first-order chi connectivity index (χ1) is 13.0. The van der Waals surface area contributed by atoms with Crippen molar-refractivity contribution in [2.24, 2.45) is 0 Å². The van der Waals surface area contributed by atoms with Crippen molar-refractivity contribution in [3.8, 4) is 16.8 Å². The van der Waals surface area contributed by atoms with Gasteiger partial charge in [-0.15, -0.1) is 22.7 Å². The van der Waals surface area contributed by atoms with Crippen LogP contribution >= 0.6 is 22.7 Å². The van der Waals surface area contributed by atoms with E-state index in [1.165, 1.54) is 11.3 Å². The van der Waals surface area contributed by atoms with E-state index in [2.05, 4.69) is 4.98 Å². The van der Waals surface area contributed by atoms with Crippen LogP contribution in [0.15, 0.2) is 44.7 Å². The average Bonchev–Trinajstić information content (AvgIpc) is 3.35. The van der Waals surface area contributed by atoms with Crippen LogP contribution in [0.2, 0.25) is 0 Å². The van der Waals surface area contributed by atoms with Gasteiger partial charge in [0.15, 0.2) is 10.4 Å². The fourth-order valence-corrected chi connectivity index (χ4v) is 4.43. The van der Waals surface area contributed by atoms with Gasteiger partial charge in [0.1, 0.15) is 11.6 Å². The van der Waals surface area contributed by atoms with Crippen LogP contribution in [0.1, 0.15) is 18.7 Å². The molecule has 6 nitrogen and oxygen atoms in total. The number of hydrogen-bond acceptors (Lipinski definition) is 7. The summed E-state index contributed by atoms with van der Waals surface area (Å²) >= 11 is 2.94. The lowest BCUT2D eigenvalue weighted by molar-refractivity contribution is -0.140. The number of thiophene rings is 2. The summed E-state index contributed by atoms with van der Waals surface area (Å²) in [6.45, 7) is 3.54. The van der Waals surface area contributed by atoms with Gasteiger partial charge in [0.25, 0.3) is 11.8 Å². The predicted molar refractivity (Wildman–Crippen MR) is 104 cm³/mol. The molecule has 0 aromatic carbocycles. The third kappa shape index (κ3) is 2.81. The lowest BCUT2D eigenvalue weighted by Gasteiger charge is -2.26. The van der Waals surface area contributed by atoms with Crippen molar-refractivity contribution in [2.75, 3.05) is 6.54 Å². The minimum Gasteiger partial charge on any atom is -0.434 e. The molecule has 0 N–H and O–H groups in total. The molecule has 3 aromatic heterocycles. The van der Waals surface area contributed by atoms with Gasteiger partial charge in [0.2, 0.25) is 5.89 Å². The summed E-state index contributed by atoms with van der Waals surface area (Å²) in [5.41, 5.74) is 1.38. The number of rotatable bonds is 3. The summed E-state index contributed by atoms with van der Waals surface area (Å²) in [7, 11) is 0. The lowest BCUT2D eigenvalue weighted by Crippen LogP contribution is -2.42. The predicted octanol–water partition coefficient (Wildman–Crippen LogP) is 4.23. The maximum absolute atomic E-state index is 12.7. The van der Waals surface area contributed by atoms with Gasteiger partial charge in [0, 0.05) is 23.1 Å². The zero-order valence-electron chi connectivity index (χ0n) is 14.5. The Hall–Kier alpha value is -3.02. The van der Waals surface area contributed by atoms with Crippen molar-refractivity contribution in [3.05, 3.63) is 45.2 Å². The molecule has 4 rings (SSSR count). The van der Waals surface area contributed by atoms with Crippen molar-refractivity contribution >= 4 is 51.0 Å². The Kier molecular flexibility index (Phi) is 4.26. The second-order valence-electron chi connectivity index (χ2n) is 5.84. The first-order valence-corrected chi connectivity index (χ1v) is 9.86. The first-order valence-electron chi connectivity index (χ1n) is 8.17. The molecular weight excluding hydrogens is 382 g/mol. The van der Waals surface area contributed by atoms with Crippen molar-refractivity contribution in [3.63, 3.8) is 0 Å². The maximum atomic E-state index is 12.7. The molecule has 27 heavy (non-hydrogen) atoms. The van der Waals surface area contributed by atoms with Crippen LogP contribution in [-0.4, -0.2) is 28.2 Å². The highest BCUT2D eigenvalue weighted by Gasteiger charge is 2.34. The number of amides is 2. The molecule has 0 atom stereocenters. The zero-order valence-corrected chi connectivity index (χ0v) is 16.1. The van der Waals surface area contributed by atoms with Crippen LogP contribution in [0.4, 0.5) is 0 Å². The Morgan fingerprint density at radius 2 is 2.19 bits per heavy atom. The Bertz CT molecular complexity index is 1140. The number of likely N-dealkylation sites (N-methyl/N-ethyl adjacent to an activating group) is 1. The summed E-state index contributed by atoms with van der Waals surface area (Å²) < 4.78 is 5.80. The number of nitrogens with zero attached hydrogens (tertiary/aromatic N) is 3.